The molecule has 29 heavy (non-hydrogen) atoms. The third-order valence-electron chi connectivity index (χ3n) is 4.17. The van der Waals surface area contributed by atoms with E-state index in [2.05, 4.69) is 16.0 Å². The minimum Gasteiger partial charge on any atom is -0.348 e. The van der Waals surface area contributed by atoms with Crippen molar-refractivity contribution in [3.05, 3.63) is 95.6 Å². The summed E-state index contributed by atoms with van der Waals surface area (Å²) in [6.07, 6.45) is 0. The quantitative estimate of drug-likeness (QED) is 0.601. The second-order valence-corrected chi connectivity index (χ2v) is 6.46. The summed E-state index contributed by atoms with van der Waals surface area (Å²) in [5.41, 5.74) is 3.20. The highest BCUT2D eigenvalue weighted by Gasteiger charge is 2.09. The Labute approximate surface area is 169 Å². The molecular formula is C23H21N3O3. The molecule has 0 saturated carbocycles. The maximum Gasteiger partial charge on any atom is 0.255 e. The van der Waals surface area contributed by atoms with Crippen molar-refractivity contribution in [2.45, 2.75) is 13.5 Å². The van der Waals surface area contributed by atoms with Gasteiger partial charge in [0, 0.05) is 36.0 Å². The second-order valence-electron chi connectivity index (χ2n) is 6.46. The first-order chi connectivity index (χ1) is 14.0. The Morgan fingerprint density at radius 3 is 1.72 bits per heavy atom. The van der Waals surface area contributed by atoms with Crippen LogP contribution in [-0.4, -0.2) is 17.7 Å². The molecule has 3 amide bonds. The fourth-order valence-corrected chi connectivity index (χ4v) is 2.70. The van der Waals surface area contributed by atoms with Gasteiger partial charge in [-0.3, -0.25) is 14.4 Å². The second kappa shape index (κ2) is 9.32. The van der Waals surface area contributed by atoms with Crippen LogP contribution in [0.15, 0.2) is 78.9 Å². The molecule has 0 unspecified atom stereocenters. The molecule has 0 aliphatic carbocycles. The van der Waals surface area contributed by atoms with Crippen molar-refractivity contribution in [3.8, 4) is 0 Å². The lowest BCUT2D eigenvalue weighted by Crippen LogP contribution is -2.22. The molecule has 0 aromatic heterocycles. The zero-order valence-electron chi connectivity index (χ0n) is 15.9. The lowest BCUT2D eigenvalue weighted by Gasteiger charge is -2.08. The molecule has 0 radical (unpaired) electrons. The Morgan fingerprint density at radius 1 is 0.655 bits per heavy atom. The van der Waals surface area contributed by atoms with E-state index in [0.717, 1.165) is 5.56 Å². The lowest BCUT2D eigenvalue weighted by atomic mass is 10.1. The van der Waals surface area contributed by atoms with E-state index >= 15 is 0 Å². The minimum atomic E-state index is -0.284. The van der Waals surface area contributed by atoms with Crippen molar-refractivity contribution in [2.75, 3.05) is 10.6 Å². The molecule has 0 fully saturated rings. The molecule has 6 heteroatoms. The summed E-state index contributed by atoms with van der Waals surface area (Å²) in [5, 5.41) is 8.30. The van der Waals surface area contributed by atoms with E-state index in [0.29, 0.717) is 29.0 Å². The highest BCUT2D eigenvalue weighted by Crippen LogP contribution is 2.15. The van der Waals surface area contributed by atoms with Crippen LogP contribution in [0.1, 0.15) is 33.2 Å². The molecule has 0 spiro atoms. The van der Waals surface area contributed by atoms with Gasteiger partial charge < -0.3 is 16.0 Å². The molecule has 3 rings (SSSR count). The van der Waals surface area contributed by atoms with Gasteiger partial charge in [-0.2, -0.15) is 0 Å². The van der Waals surface area contributed by atoms with Crippen LogP contribution in [0.5, 0.6) is 0 Å². The summed E-state index contributed by atoms with van der Waals surface area (Å²) >= 11 is 0. The molecular weight excluding hydrogens is 366 g/mol. The maximum absolute atomic E-state index is 12.4. The first kappa shape index (κ1) is 19.8. The molecule has 3 aromatic carbocycles. The van der Waals surface area contributed by atoms with E-state index in [4.69, 9.17) is 0 Å². The van der Waals surface area contributed by atoms with Gasteiger partial charge in [0.2, 0.25) is 5.91 Å². The summed E-state index contributed by atoms with van der Waals surface area (Å²) in [5.74, 6) is -0.641. The van der Waals surface area contributed by atoms with Crippen LogP contribution < -0.4 is 16.0 Å². The van der Waals surface area contributed by atoms with E-state index in [1.54, 1.807) is 48.5 Å². The lowest BCUT2D eigenvalue weighted by molar-refractivity contribution is -0.114. The number of carbonyl (C=O) groups is 3. The molecule has 6 nitrogen and oxygen atoms in total. The van der Waals surface area contributed by atoms with Gasteiger partial charge in [-0.15, -0.1) is 0 Å². The van der Waals surface area contributed by atoms with Crippen LogP contribution in [0.25, 0.3) is 0 Å². The van der Waals surface area contributed by atoms with Gasteiger partial charge in [0.15, 0.2) is 0 Å². The minimum absolute atomic E-state index is 0.158. The number of hydrogen-bond acceptors (Lipinski definition) is 3. The zero-order valence-corrected chi connectivity index (χ0v) is 15.9. The van der Waals surface area contributed by atoms with Crippen LogP contribution in [0.4, 0.5) is 11.4 Å². The van der Waals surface area contributed by atoms with Gasteiger partial charge in [0.1, 0.15) is 0 Å². The molecule has 0 saturated heterocycles. The Bertz CT molecular complexity index is 998. The number of anilines is 2. The number of carbonyl (C=O) groups excluding carboxylic acids is 3. The number of amides is 3. The van der Waals surface area contributed by atoms with Crippen LogP contribution >= 0.6 is 0 Å². The van der Waals surface area contributed by atoms with Gasteiger partial charge >= 0.3 is 0 Å². The van der Waals surface area contributed by atoms with E-state index in [-0.39, 0.29) is 17.7 Å². The van der Waals surface area contributed by atoms with Crippen molar-refractivity contribution in [2.24, 2.45) is 0 Å². The summed E-state index contributed by atoms with van der Waals surface area (Å²) in [7, 11) is 0. The van der Waals surface area contributed by atoms with Gasteiger partial charge in [0.05, 0.1) is 0 Å². The van der Waals surface area contributed by atoms with Crippen molar-refractivity contribution >= 4 is 29.1 Å². The van der Waals surface area contributed by atoms with E-state index in [1.165, 1.54) is 6.92 Å². The molecule has 3 aromatic rings. The number of hydrogen-bond donors (Lipinski definition) is 3. The first-order valence-corrected chi connectivity index (χ1v) is 9.12. The first-order valence-electron chi connectivity index (χ1n) is 9.12. The Kier molecular flexibility index (Phi) is 6.37. The number of nitrogens with one attached hydrogen (secondary N) is 3. The number of benzene rings is 3. The van der Waals surface area contributed by atoms with Gasteiger partial charge in [0.25, 0.3) is 11.8 Å². The molecule has 3 N–H and O–H groups in total. The SMILES string of the molecule is CC(=O)Nc1ccc(NC(=O)c2ccc(C(=O)NCc3ccccc3)cc2)cc1. The van der Waals surface area contributed by atoms with Crippen LogP contribution in [0, 0.1) is 0 Å². The third-order valence-corrected chi connectivity index (χ3v) is 4.17. The third kappa shape index (κ3) is 5.77. The highest BCUT2D eigenvalue weighted by molar-refractivity contribution is 6.05. The van der Waals surface area contributed by atoms with Crippen molar-refractivity contribution in [3.63, 3.8) is 0 Å². The van der Waals surface area contributed by atoms with Crippen LogP contribution in [0.2, 0.25) is 0 Å². The van der Waals surface area contributed by atoms with E-state index in [9.17, 15) is 14.4 Å². The number of rotatable bonds is 6. The summed E-state index contributed by atoms with van der Waals surface area (Å²) in [6.45, 7) is 1.87. The Hall–Kier alpha value is -3.93. The Morgan fingerprint density at radius 2 is 1.17 bits per heavy atom. The average molecular weight is 387 g/mol. The predicted molar refractivity (Wildman–Crippen MR) is 113 cm³/mol. The van der Waals surface area contributed by atoms with Crippen LogP contribution in [0.3, 0.4) is 0 Å². The van der Waals surface area contributed by atoms with Gasteiger partial charge in [-0.05, 0) is 54.1 Å². The molecule has 146 valence electrons. The summed E-state index contributed by atoms with van der Waals surface area (Å²) in [6, 6.07) is 22.9. The Balaban J connectivity index is 1.56. The highest BCUT2D eigenvalue weighted by atomic mass is 16.2. The molecule has 0 aliphatic heterocycles. The maximum atomic E-state index is 12.4. The van der Waals surface area contributed by atoms with Gasteiger partial charge in [-0.25, -0.2) is 0 Å². The van der Waals surface area contributed by atoms with E-state index in [1.807, 2.05) is 30.3 Å². The average Bonchev–Trinajstić information content (AvgIpc) is 2.74. The van der Waals surface area contributed by atoms with Crippen molar-refractivity contribution in [1.29, 1.82) is 0 Å². The molecule has 0 aliphatic rings. The van der Waals surface area contributed by atoms with Crippen LogP contribution in [-0.2, 0) is 11.3 Å². The van der Waals surface area contributed by atoms with Crippen molar-refractivity contribution < 1.29 is 14.4 Å². The smallest absolute Gasteiger partial charge is 0.255 e. The monoisotopic (exact) mass is 387 g/mol. The molecule has 0 bridgehead atoms. The van der Waals surface area contributed by atoms with Gasteiger partial charge in [-0.1, -0.05) is 30.3 Å². The predicted octanol–water partition coefficient (Wildman–Crippen LogP) is 3.83. The fraction of sp³-hybridized carbons (Fsp3) is 0.0870. The normalized spacial score (nSPS) is 10.1. The standard InChI is InChI=1S/C23H21N3O3/c1-16(27)25-20-11-13-21(14-12-20)26-23(29)19-9-7-18(8-10-19)22(28)24-15-17-5-3-2-4-6-17/h2-14H,15H2,1H3,(H,24,28)(H,25,27)(H,26,29). The largest absolute Gasteiger partial charge is 0.348 e. The topological polar surface area (TPSA) is 87.3 Å². The zero-order chi connectivity index (χ0) is 20.6. The van der Waals surface area contributed by atoms with Crippen molar-refractivity contribution in [1.82, 2.24) is 5.32 Å². The van der Waals surface area contributed by atoms with E-state index < -0.39 is 0 Å². The molecule has 0 heterocycles. The summed E-state index contributed by atoms with van der Waals surface area (Å²) < 4.78 is 0. The molecule has 0 atom stereocenters. The summed E-state index contributed by atoms with van der Waals surface area (Å²) in [4.78, 5) is 35.7. The fourth-order valence-electron chi connectivity index (χ4n) is 2.70.